The fourth-order valence-electron chi connectivity index (χ4n) is 2.46. The molecule has 120 valence electrons. The first-order chi connectivity index (χ1) is 11.1. The fraction of sp³-hybridized carbons (Fsp3) is 0.263. The zero-order chi connectivity index (χ0) is 16.7. The summed E-state index contributed by atoms with van der Waals surface area (Å²) in [4.78, 5) is 24.3. The number of hydrogen-bond acceptors (Lipinski definition) is 3. The number of esters is 1. The molecule has 2 rings (SSSR count). The lowest BCUT2D eigenvalue weighted by Gasteiger charge is -2.26. The van der Waals surface area contributed by atoms with Crippen LogP contribution in [0, 0.1) is 5.41 Å². The molecule has 0 aliphatic rings. The number of aliphatic carboxylic acids is 1. The summed E-state index contributed by atoms with van der Waals surface area (Å²) in [5.74, 6) is -1.85. The summed E-state index contributed by atoms with van der Waals surface area (Å²) in [6.07, 6.45) is 0.290. The summed E-state index contributed by atoms with van der Waals surface area (Å²) < 4.78 is 5.30. The topological polar surface area (TPSA) is 63.6 Å². The van der Waals surface area contributed by atoms with Crippen LogP contribution in [0.2, 0.25) is 0 Å². The number of carboxylic acids is 1. The molecule has 0 heterocycles. The van der Waals surface area contributed by atoms with E-state index < -0.39 is 17.4 Å². The number of carboxylic acid groups (broad SMARTS) is 1. The Balaban J connectivity index is 2.16. The Bertz CT molecular complexity index is 652. The number of carbonyl (C=O) groups excluding carboxylic acids is 1. The molecular weight excluding hydrogens is 292 g/mol. The van der Waals surface area contributed by atoms with E-state index in [2.05, 4.69) is 0 Å². The van der Waals surface area contributed by atoms with E-state index in [0.717, 1.165) is 11.1 Å². The second kappa shape index (κ2) is 7.58. The predicted molar refractivity (Wildman–Crippen MR) is 86.7 cm³/mol. The summed E-state index contributed by atoms with van der Waals surface area (Å²) in [6, 6.07) is 18.4. The van der Waals surface area contributed by atoms with E-state index in [1.165, 1.54) is 0 Å². The summed E-state index contributed by atoms with van der Waals surface area (Å²) in [6.45, 7) is 1.77. The van der Waals surface area contributed by atoms with Crippen LogP contribution in [0.1, 0.15) is 24.5 Å². The molecule has 2 aromatic rings. The lowest BCUT2D eigenvalue weighted by Crippen LogP contribution is -2.42. The Kier molecular flexibility index (Phi) is 5.52. The molecule has 0 aliphatic carbocycles. The fourth-order valence-corrected chi connectivity index (χ4v) is 2.46. The Morgan fingerprint density at radius 1 is 0.957 bits per heavy atom. The van der Waals surface area contributed by atoms with Gasteiger partial charge in [-0.25, -0.2) is 0 Å². The van der Waals surface area contributed by atoms with Crippen molar-refractivity contribution in [3.8, 4) is 0 Å². The molecule has 0 saturated carbocycles. The van der Waals surface area contributed by atoms with Crippen molar-refractivity contribution in [2.24, 2.45) is 5.41 Å². The van der Waals surface area contributed by atoms with E-state index in [0.29, 0.717) is 0 Å². The Morgan fingerprint density at radius 2 is 1.48 bits per heavy atom. The molecule has 1 N–H and O–H groups in total. The molecule has 0 spiro atoms. The highest BCUT2D eigenvalue weighted by atomic mass is 16.5. The SMILES string of the molecule is CCC(Cc1ccccc1)(C(=O)O)C(=O)OCc1ccccc1. The van der Waals surface area contributed by atoms with Gasteiger partial charge in [-0.05, 0) is 24.0 Å². The quantitative estimate of drug-likeness (QED) is 0.628. The summed E-state index contributed by atoms with van der Waals surface area (Å²) in [7, 11) is 0. The van der Waals surface area contributed by atoms with Crippen LogP contribution < -0.4 is 0 Å². The van der Waals surface area contributed by atoms with Gasteiger partial charge in [0.1, 0.15) is 6.61 Å². The second-order valence-electron chi connectivity index (χ2n) is 5.46. The minimum atomic E-state index is -1.56. The monoisotopic (exact) mass is 312 g/mol. The maximum absolute atomic E-state index is 12.5. The molecule has 1 unspecified atom stereocenters. The van der Waals surface area contributed by atoms with E-state index in [1.54, 1.807) is 6.92 Å². The van der Waals surface area contributed by atoms with Crippen molar-refractivity contribution in [2.45, 2.75) is 26.4 Å². The third kappa shape index (κ3) is 3.97. The third-order valence-electron chi connectivity index (χ3n) is 3.97. The van der Waals surface area contributed by atoms with Gasteiger partial charge in [0, 0.05) is 0 Å². The zero-order valence-corrected chi connectivity index (χ0v) is 13.1. The molecule has 0 amide bonds. The Hall–Kier alpha value is -2.62. The average molecular weight is 312 g/mol. The number of carbonyl (C=O) groups is 2. The van der Waals surface area contributed by atoms with Gasteiger partial charge in [0.2, 0.25) is 0 Å². The normalized spacial score (nSPS) is 13.1. The molecule has 0 aliphatic heterocycles. The van der Waals surface area contributed by atoms with Crippen molar-refractivity contribution in [2.75, 3.05) is 0 Å². The number of benzene rings is 2. The molecule has 4 nitrogen and oxygen atoms in total. The number of rotatable bonds is 7. The maximum atomic E-state index is 12.5. The molecule has 0 saturated heterocycles. The molecular formula is C19H20O4. The maximum Gasteiger partial charge on any atom is 0.324 e. The van der Waals surface area contributed by atoms with Gasteiger partial charge in [0.05, 0.1) is 0 Å². The zero-order valence-electron chi connectivity index (χ0n) is 13.1. The van der Waals surface area contributed by atoms with Crippen molar-refractivity contribution in [3.05, 3.63) is 71.8 Å². The largest absolute Gasteiger partial charge is 0.480 e. The van der Waals surface area contributed by atoms with E-state index in [4.69, 9.17) is 4.74 Å². The summed E-state index contributed by atoms with van der Waals surface area (Å²) in [5, 5.41) is 9.65. The molecule has 0 fully saturated rings. The van der Waals surface area contributed by atoms with Gasteiger partial charge in [0.15, 0.2) is 5.41 Å². The highest BCUT2D eigenvalue weighted by Gasteiger charge is 2.46. The first-order valence-corrected chi connectivity index (χ1v) is 7.57. The summed E-state index contributed by atoms with van der Waals surface area (Å²) in [5.41, 5.74) is 0.0696. The standard InChI is InChI=1S/C19H20O4/c1-2-19(17(20)21,13-15-9-5-3-6-10-15)18(22)23-14-16-11-7-4-8-12-16/h3-12H,2,13-14H2,1H3,(H,20,21). The Labute approximate surface area is 135 Å². The van der Waals surface area contributed by atoms with Gasteiger partial charge in [-0.15, -0.1) is 0 Å². The van der Waals surface area contributed by atoms with Crippen LogP contribution in [0.25, 0.3) is 0 Å². The van der Waals surface area contributed by atoms with Crippen molar-refractivity contribution in [3.63, 3.8) is 0 Å². The van der Waals surface area contributed by atoms with Crippen molar-refractivity contribution in [1.29, 1.82) is 0 Å². The van der Waals surface area contributed by atoms with Crippen LogP contribution in [0.3, 0.4) is 0 Å². The van der Waals surface area contributed by atoms with Crippen LogP contribution in [0.15, 0.2) is 60.7 Å². The smallest absolute Gasteiger partial charge is 0.324 e. The molecule has 2 aromatic carbocycles. The van der Waals surface area contributed by atoms with Gasteiger partial charge in [-0.3, -0.25) is 9.59 Å². The second-order valence-corrected chi connectivity index (χ2v) is 5.46. The molecule has 1 atom stereocenters. The van der Waals surface area contributed by atoms with Crippen molar-refractivity contribution >= 4 is 11.9 Å². The van der Waals surface area contributed by atoms with Gasteiger partial charge < -0.3 is 9.84 Å². The third-order valence-corrected chi connectivity index (χ3v) is 3.97. The van der Waals surface area contributed by atoms with Crippen molar-refractivity contribution in [1.82, 2.24) is 0 Å². The van der Waals surface area contributed by atoms with Gasteiger partial charge >= 0.3 is 11.9 Å². The predicted octanol–water partition coefficient (Wildman–Crippen LogP) is 3.45. The van der Waals surface area contributed by atoms with E-state index >= 15 is 0 Å². The van der Waals surface area contributed by atoms with Gasteiger partial charge in [-0.1, -0.05) is 67.6 Å². The van der Waals surface area contributed by atoms with Crippen LogP contribution in [-0.2, 0) is 27.4 Å². The van der Waals surface area contributed by atoms with Crippen LogP contribution in [-0.4, -0.2) is 17.0 Å². The van der Waals surface area contributed by atoms with E-state index in [-0.39, 0.29) is 19.4 Å². The molecule has 0 radical (unpaired) electrons. The minimum absolute atomic E-state index is 0.0729. The van der Waals surface area contributed by atoms with Crippen LogP contribution >= 0.6 is 0 Å². The van der Waals surface area contributed by atoms with Crippen LogP contribution in [0.5, 0.6) is 0 Å². The first-order valence-electron chi connectivity index (χ1n) is 7.57. The summed E-state index contributed by atoms with van der Waals surface area (Å²) >= 11 is 0. The van der Waals surface area contributed by atoms with E-state index in [9.17, 15) is 14.7 Å². The molecule has 0 bridgehead atoms. The minimum Gasteiger partial charge on any atom is -0.480 e. The molecule has 23 heavy (non-hydrogen) atoms. The highest BCUT2D eigenvalue weighted by molar-refractivity contribution is 5.99. The van der Waals surface area contributed by atoms with Crippen LogP contribution in [0.4, 0.5) is 0 Å². The van der Waals surface area contributed by atoms with E-state index in [1.807, 2.05) is 60.7 Å². The molecule has 0 aromatic heterocycles. The highest BCUT2D eigenvalue weighted by Crippen LogP contribution is 2.30. The number of ether oxygens (including phenoxy) is 1. The lowest BCUT2D eigenvalue weighted by molar-refractivity contribution is -0.170. The average Bonchev–Trinajstić information content (AvgIpc) is 2.59. The first kappa shape index (κ1) is 16.7. The molecule has 4 heteroatoms. The Morgan fingerprint density at radius 3 is 1.96 bits per heavy atom. The van der Waals surface area contributed by atoms with Crippen molar-refractivity contribution < 1.29 is 19.4 Å². The number of hydrogen-bond donors (Lipinski definition) is 1. The van der Waals surface area contributed by atoms with Gasteiger partial charge in [-0.2, -0.15) is 0 Å². The van der Waals surface area contributed by atoms with Gasteiger partial charge in [0.25, 0.3) is 0 Å². The lowest BCUT2D eigenvalue weighted by atomic mass is 9.79.